The summed E-state index contributed by atoms with van der Waals surface area (Å²) >= 11 is 0. The lowest BCUT2D eigenvalue weighted by atomic mass is 10.5. The van der Waals surface area contributed by atoms with Crippen molar-refractivity contribution in [2.45, 2.75) is 6.92 Å². The Hall–Kier alpha value is -0.230. The van der Waals surface area contributed by atoms with Gasteiger partial charge in [0, 0.05) is 11.9 Å². The third-order valence-electron chi connectivity index (χ3n) is 0.934. The fraction of sp³-hybridized carbons (Fsp3) is 0.667. The third-order valence-corrected chi connectivity index (χ3v) is 2.06. The molecule has 0 aromatic heterocycles. The van der Waals surface area contributed by atoms with Gasteiger partial charge in [-0.1, -0.05) is 6.08 Å². The van der Waals surface area contributed by atoms with E-state index in [1.165, 1.54) is 0 Å². The lowest BCUT2D eigenvalue weighted by Gasteiger charge is -2.04. The molecule has 0 radical (unpaired) electrons. The van der Waals surface area contributed by atoms with Crippen LogP contribution in [0.1, 0.15) is 6.92 Å². The second-order valence-corrected chi connectivity index (χ2v) is 6.06. The van der Waals surface area contributed by atoms with Gasteiger partial charge in [0.15, 0.2) is 0 Å². The summed E-state index contributed by atoms with van der Waals surface area (Å²) in [7, 11) is -1.93. The number of hydrogen-bond donors (Lipinski definition) is 1. The van der Waals surface area contributed by atoms with Gasteiger partial charge in [-0.2, -0.15) is 0 Å². The fourth-order valence-electron chi connectivity index (χ4n) is 0.531. The predicted molar refractivity (Wildman–Crippen MR) is 42.3 cm³/mol. The van der Waals surface area contributed by atoms with Crippen molar-refractivity contribution in [2.24, 2.45) is 5.73 Å². The Morgan fingerprint density at radius 2 is 2.11 bits per heavy atom. The van der Waals surface area contributed by atoms with E-state index >= 15 is 0 Å². The van der Waals surface area contributed by atoms with Crippen molar-refractivity contribution in [1.82, 2.24) is 0 Å². The fourth-order valence-corrected chi connectivity index (χ4v) is 1.59. The number of nitrogens with two attached hydrogens (primary N) is 1. The Bertz CT molecular complexity index is 156. The summed E-state index contributed by atoms with van der Waals surface area (Å²) in [6, 6.07) is 0. The van der Waals surface area contributed by atoms with E-state index in [-0.39, 0.29) is 0 Å². The molecule has 0 amide bonds. The highest BCUT2D eigenvalue weighted by molar-refractivity contribution is 7.62. The number of allylic oxidation sites excluding steroid dienone is 2. The van der Waals surface area contributed by atoms with Crippen LogP contribution < -0.4 is 5.73 Å². The van der Waals surface area contributed by atoms with Gasteiger partial charge in [0.05, 0.1) is 7.14 Å². The molecule has 0 saturated carbocycles. The first-order valence-electron chi connectivity index (χ1n) is 2.90. The second-order valence-electron chi connectivity index (χ2n) is 2.60. The molecule has 0 rings (SSSR count). The van der Waals surface area contributed by atoms with Gasteiger partial charge < -0.3 is 10.3 Å². The minimum atomic E-state index is -1.93. The maximum atomic E-state index is 11.1. The first-order valence-corrected chi connectivity index (χ1v) is 5.69. The van der Waals surface area contributed by atoms with Crippen LogP contribution in [0.25, 0.3) is 0 Å². The molecule has 0 atom stereocenters. The molecule has 0 aromatic carbocycles. The molecule has 0 heterocycles. The van der Waals surface area contributed by atoms with Crippen molar-refractivity contribution in [2.75, 3.05) is 19.5 Å². The molecule has 0 aromatic rings. The van der Waals surface area contributed by atoms with Gasteiger partial charge in [-0.3, -0.25) is 0 Å². The molecular formula is C6H14NOP. The van der Waals surface area contributed by atoms with Crippen LogP contribution in [0.15, 0.2) is 11.8 Å². The Balaban J connectivity index is 3.90. The van der Waals surface area contributed by atoms with Crippen LogP contribution in [0.5, 0.6) is 0 Å². The smallest absolute Gasteiger partial charge is 0.0875 e. The van der Waals surface area contributed by atoms with Gasteiger partial charge in [0.2, 0.25) is 0 Å². The van der Waals surface area contributed by atoms with Crippen molar-refractivity contribution in [3.63, 3.8) is 0 Å². The minimum Gasteiger partial charge on any atom is -0.402 e. The van der Waals surface area contributed by atoms with E-state index in [9.17, 15) is 4.57 Å². The summed E-state index contributed by atoms with van der Waals surface area (Å²) < 4.78 is 11.1. The van der Waals surface area contributed by atoms with E-state index in [0.29, 0.717) is 6.16 Å². The van der Waals surface area contributed by atoms with Crippen molar-refractivity contribution in [1.29, 1.82) is 0 Å². The Morgan fingerprint density at radius 3 is 2.22 bits per heavy atom. The Morgan fingerprint density at radius 1 is 1.67 bits per heavy atom. The average Bonchev–Trinajstić information content (AvgIpc) is 1.62. The first-order chi connectivity index (χ1) is 3.95. The maximum absolute atomic E-state index is 11.1. The van der Waals surface area contributed by atoms with Gasteiger partial charge in [0.25, 0.3) is 0 Å². The van der Waals surface area contributed by atoms with Crippen LogP contribution in [0.2, 0.25) is 0 Å². The molecule has 0 aliphatic heterocycles. The van der Waals surface area contributed by atoms with Crippen molar-refractivity contribution in [3.05, 3.63) is 11.8 Å². The molecule has 0 spiro atoms. The van der Waals surface area contributed by atoms with Gasteiger partial charge >= 0.3 is 0 Å². The largest absolute Gasteiger partial charge is 0.402 e. The van der Waals surface area contributed by atoms with Crippen molar-refractivity contribution >= 4 is 7.14 Å². The monoisotopic (exact) mass is 147 g/mol. The van der Waals surface area contributed by atoms with E-state index in [2.05, 4.69) is 0 Å². The van der Waals surface area contributed by atoms with Gasteiger partial charge in [-0.15, -0.1) is 0 Å². The zero-order valence-corrected chi connectivity index (χ0v) is 7.11. The standard InChI is InChI=1S/C6H14NOP/c1-4-6(7)5-9(2,3)8/h4H,5,7H2,1-3H3/b6-4+. The van der Waals surface area contributed by atoms with Crippen LogP contribution in [-0.2, 0) is 4.57 Å². The van der Waals surface area contributed by atoms with Crippen LogP contribution in [-0.4, -0.2) is 19.5 Å². The first kappa shape index (κ1) is 8.77. The summed E-state index contributed by atoms with van der Waals surface area (Å²) in [5.41, 5.74) is 6.17. The molecule has 9 heavy (non-hydrogen) atoms. The van der Waals surface area contributed by atoms with E-state index in [1.807, 2.05) is 6.92 Å². The highest BCUT2D eigenvalue weighted by Crippen LogP contribution is 2.36. The predicted octanol–water partition coefficient (Wildman–Crippen LogP) is 1.47. The molecule has 2 nitrogen and oxygen atoms in total. The van der Waals surface area contributed by atoms with E-state index < -0.39 is 7.14 Å². The van der Waals surface area contributed by atoms with Crippen molar-refractivity contribution < 1.29 is 4.57 Å². The van der Waals surface area contributed by atoms with Crippen LogP contribution >= 0.6 is 7.14 Å². The molecule has 54 valence electrons. The highest BCUT2D eigenvalue weighted by atomic mass is 31.2. The van der Waals surface area contributed by atoms with E-state index in [4.69, 9.17) is 5.73 Å². The van der Waals surface area contributed by atoms with Gasteiger partial charge in [-0.05, 0) is 20.3 Å². The molecule has 0 fully saturated rings. The number of rotatable bonds is 2. The Kier molecular flexibility index (Phi) is 2.99. The van der Waals surface area contributed by atoms with E-state index in [0.717, 1.165) is 5.70 Å². The third kappa shape index (κ3) is 5.64. The molecule has 2 N–H and O–H groups in total. The molecule has 0 aliphatic carbocycles. The van der Waals surface area contributed by atoms with Gasteiger partial charge in [0.1, 0.15) is 0 Å². The van der Waals surface area contributed by atoms with Crippen molar-refractivity contribution in [3.8, 4) is 0 Å². The molecule has 0 unspecified atom stereocenters. The van der Waals surface area contributed by atoms with Crippen LogP contribution in [0, 0.1) is 0 Å². The zero-order valence-electron chi connectivity index (χ0n) is 6.22. The Labute approximate surface area is 56.5 Å². The summed E-state index contributed by atoms with van der Waals surface area (Å²) in [6.45, 7) is 5.33. The molecule has 0 saturated heterocycles. The second kappa shape index (κ2) is 3.07. The minimum absolute atomic E-state index is 0.545. The average molecular weight is 147 g/mol. The SMILES string of the molecule is C/C=C(/N)CP(C)(C)=O. The van der Waals surface area contributed by atoms with Crippen LogP contribution in [0.4, 0.5) is 0 Å². The normalized spacial score (nSPS) is 13.9. The summed E-state index contributed by atoms with van der Waals surface area (Å²) in [5.74, 6) is 0. The van der Waals surface area contributed by atoms with Gasteiger partial charge in [-0.25, -0.2) is 0 Å². The summed E-state index contributed by atoms with van der Waals surface area (Å²) in [6.07, 6.45) is 2.34. The topological polar surface area (TPSA) is 43.1 Å². The zero-order chi connectivity index (χ0) is 7.49. The quantitative estimate of drug-likeness (QED) is 0.601. The molecule has 3 heteroatoms. The molecular weight excluding hydrogens is 133 g/mol. The summed E-state index contributed by atoms with van der Waals surface area (Å²) in [4.78, 5) is 0. The molecule has 0 aliphatic rings. The lowest BCUT2D eigenvalue weighted by molar-refractivity contribution is 0.583. The maximum Gasteiger partial charge on any atom is 0.0875 e. The van der Waals surface area contributed by atoms with E-state index in [1.54, 1.807) is 19.4 Å². The van der Waals surface area contributed by atoms with Crippen LogP contribution in [0.3, 0.4) is 0 Å². The molecule has 0 bridgehead atoms. The summed E-state index contributed by atoms with van der Waals surface area (Å²) in [5, 5.41) is 0. The highest BCUT2D eigenvalue weighted by Gasteiger charge is 2.06. The lowest BCUT2D eigenvalue weighted by Crippen LogP contribution is -2.01. The number of hydrogen-bond acceptors (Lipinski definition) is 2.